The summed E-state index contributed by atoms with van der Waals surface area (Å²) in [4.78, 5) is 25.5. The van der Waals surface area contributed by atoms with Gasteiger partial charge in [0, 0.05) is 0 Å². The van der Waals surface area contributed by atoms with Gasteiger partial charge in [0.15, 0.2) is 0 Å². The number of carbonyl (C=O) groups excluding carboxylic acids is 1. The topological polar surface area (TPSA) is 120 Å². The van der Waals surface area contributed by atoms with Crippen LogP contribution in [0.15, 0.2) is 0 Å². The molecule has 0 aliphatic carbocycles. The largest absolute Gasteiger partial charge is 0.468 e. The van der Waals surface area contributed by atoms with E-state index < -0.39 is 0 Å². The van der Waals surface area contributed by atoms with Gasteiger partial charge >= 0.3 is 5.97 Å². The molecule has 0 saturated carbocycles. The van der Waals surface area contributed by atoms with Crippen molar-refractivity contribution >= 4 is 17.9 Å². The highest BCUT2D eigenvalue weighted by Gasteiger charge is 2.30. The molecule has 0 aromatic carbocycles. The van der Waals surface area contributed by atoms with Crippen LogP contribution in [0.25, 0.3) is 0 Å². The molecule has 2 heterocycles. The summed E-state index contributed by atoms with van der Waals surface area (Å²) in [6.07, 6.45) is 2.82. The first kappa shape index (κ1) is 13.5. The first-order valence-electron chi connectivity index (χ1n) is 6.18. The molecule has 1 saturated heterocycles. The standard InChI is InChI=1S/C11H18N6O2/c1-19-9(18)7-4-2-3-5-17(7)6-8-14-10(12)16-11(13)15-8/h7H,2-6H2,1H3,(H4,12,13,14,15,16)/t7-/m1/s1. The second-order valence-corrected chi connectivity index (χ2v) is 4.47. The van der Waals surface area contributed by atoms with Crippen LogP contribution in [0.3, 0.4) is 0 Å². The average Bonchev–Trinajstić information content (AvgIpc) is 2.37. The summed E-state index contributed by atoms with van der Waals surface area (Å²) in [5.41, 5.74) is 11.1. The molecule has 0 amide bonds. The number of likely N-dealkylation sites (tertiary alicyclic amines) is 1. The maximum atomic E-state index is 11.7. The number of carbonyl (C=O) groups is 1. The Labute approximate surface area is 111 Å². The summed E-state index contributed by atoms with van der Waals surface area (Å²) in [5.74, 6) is 0.429. The van der Waals surface area contributed by atoms with Crippen molar-refractivity contribution in [1.29, 1.82) is 0 Å². The van der Waals surface area contributed by atoms with E-state index in [0.29, 0.717) is 12.4 Å². The number of nitrogen functional groups attached to an aromatic ring is 2. The van der Waals surface area contributed by atoms with E-state index in [0.717, 1.165) is 25.8 Å². The number of nitrogens with zero attached hydrogens (tertiary/aromatic N) is 4. The molecule has 8 nitrogen and oxygen atoms in total. The highest BCUT2D eigenvalue weighted by molar-refractivity contribution is 5.75. The minimum Gasteiger partial charge on any atom is -0.468 e. The van der Waals surface area contributed by atoms with Crippen molar-refractivity contribution in [1.82, 2.24) is 19.9 Å². The average molecular weight is 266 g/mol. The number of esters is 1. The predicted molar refractivity (Wildman–Crippen MR) is 68.7 cm³/mol. The molecule has 0 bridgehead atoms. The summed E-state index contributed by atoms with van der Waals surface area (Å²) >= 11 is 0. The van der Waals surface area contributed by atoms with Crippen molar-refractivity contribution in [3.8, 4) is 0 Å². The van der Waals surface area contributed by atoms with Crippen molar-refractivity contribution in [3.63, 3.8) is 0 Å². The third kappa shape index (κ3) is 3.28. The minimum atomic E-state index is -0.252. The van der Waals surface area contributed by atoms with Crippen LogP contribution in [-0.4, -0.2) is 45.5 Å². The normalized spacial score (nSPS) is 20.2. The smallest absolute Gasteiger partial charge is 0.323 e. The van der Waals surface area contributed by atoms with Gasteiger partial charge in [0.2, 0.25) is 11.9 Å². The van der Waals surface area contributed by atoms with E-state index in [9.17, 15) is 4.79 Å². The Bertz CT molecular complexity index is 446. The molecule has 4 N–H and O–H groups in total. The number of hydrogen-bond donors (Lipinski definition) is 2. The molecular weight excluding hydrogens is 248 g/mol. The number of nitrogens with two attached hydrogens (primary N) is 2. The van der Waals surface area contributed by atoms with Crippen molar-refractivity contribution in [2.75, 3.05) is 25.1 Å². The zero-order chi connectivity index (χ0) is 13.8. The van der Waals surface area contributed by atoms with Gasteiger partial charge in [-0.1, -0.05) is 6.42 Å². The summed E-state index contributed by atoms with van der Waals surface area (Å²) < 4.78 is 4.82. The van der Waals surface area contributed by atoms with Crippen LogP contribution in [0.1, 0.15) is 25.1 Å². The van der Waals surface area contributed by atoms with Crippen LogP contribution in [0.2, 0.25) is 0 Å². The van der Waals surface area contributed by atoms with Gasteiger partial charge in [0.25, 0.3) is 0 Å². The van der Waals surface area contributed by atoms with Crippen LogP contribution >= 0.6 is 0 Å². The Kier molecular flexibility index (Phi) is 4.10. The van der Waals surface area contributed by atoms with Gasteiger partial charge in [-0.2, -0.15) is 15.0 Å². The molecule has 0 radical (unpaired) electrons. The molecule has 1 fully saturated rings. The van der Waals surface area contributed by atoms with Gasteiger partial charge < -0.3 is 16.2 Å². The molecule has 8 heteroatoms. The molecule has 1 aliphatic rings. The lowest BCUT2D eigenvalue weighted by Gasteiger charge is -2.32. The number of rotatable bonds is 3. The van der Waals surface area contributed by atoms with E-state index in [4.69, 9.17) is 16.2 Å². The van der Waals surface area contributed by atoms with Crippen molar-refractivity contribution < 1.29 is 9.53 Å². The Morgan fingerprint density at radius 3 is 2.63 bits per heavy atom. The van der Waals surface area contributed by atoms with E-state index in [2.05, 4.69) is 15.0 Å². The van der Waals surface area contributed by atoms with E-state index in [1.165, 1.54) is 7.11 Å². The summed E-state index contributed by atoms with van der Waals surface area (Å²) in [6, 6.07) is -0.252. The molecule has 1 atom stereocenters. The zero-order valence-corrected chi connectivity index (χ0v) is 10.9. The van der Waals surface area contributed by atoms with E-state index >= 15 is 0 Å². The Morgan fingerprint density at radius 2 is 2.00 bits per heavy atom. The second kappa shape index (κ2) is 5.79. The lowest BCUT2D eigenvalue weighted by atomic mass is 10.0. The van der Waals surface area contributed by atoms with Gasteiger partial charge in [-0.25, -0.2) is 0 Å². The maximum Gasteiger partial charge on any atom is 0.323 e. The van der Waals surface area contributed by atoms with E-state index in [1.54, 1.807) is 0 Å². The van der Waals surface area contributed by atoms with Gasteiger partial charge in [-0.3, -0.25) is 9.69 Å². The van der Waals surface area contributed by atoms with Crippen molar-refractivity contribution in [3.05, 3.63) is 5.82 Å². The highest BCUT2D eigenvalue weighted by atomic mass is 16.5. The first-order valence-corrected chi connectivity index (χ1v) is 6.18. The van der Waals surface area contributed by atoms with E-state index in [1.807, 2.05) is 4.90 Å². The molecule has 0 spiro atoms. The number of hydrogen-bond acceptors (Lipinski definition) is 8. The molecule has 2 rings (SSSR count). The number of methoxy groups -OCH3 is 1. The Morgan fingerprint density at radius 1 is 1.32 bits per heavy atom. The van der Waals surface area contributed by atoms with Gasteiger partial charge in [0.1, 0.15) is 11.9 Å². The molecular formula is C11H18N6O2. The monoisotopic (exact) mass is 266 g/mol. The molecule has 1 aliphatic heterocycles. The lowest BCUT2D eigenvalue weighted by molar-refractivity contribution is -0.148. The van der Waals surface area contributed by atoms with Crippen LogP contribution < -0.4 is 11.5 Å². The van der Waals surface area contributed by atoms with Gasteiger partial charge in [0.05, 0.1) is 13.7 Å². The number of piperidine rings is 1. The van der Waals surface area contributed by atoms with Crippen LogP contribution in [-0.2, 0) is 16.1 Å². The highest BCUT2D eigenvalue weighted by Crippen LogP contribution is 2.19. The molecule has 19 heavy (non-hydrogen) atoms. The summed E-state index contributed by atoms with van der Waals surface area (Å²) in [5, 5.41) is 0. The van der Waals surface area contributed by atoms with Crippen LogP contribution in [0.4, 0.5) is 11.9 Å². The first-order chi connectivity index (χ1) is 9.10. The fraction of sp³-hybridized carbons (Fsp3) is 0.636. The molecule has 0 unspecified atom stereocenters. The number of anilines is 2. The third-order valence-corrected chi connectivity index (χ3v) is 3.15. The number of aromatic nitrogens is 3. The zero-order valence-electron chi connectivity index (χ0n) is 10.9. The van der Waals surface area contributed by atoms with E-state index in [-0.39, 0.29) is 23.9 Å². The van der Waals surface area contributed by atoms with Gasteiger partial charge in [-0.15, -0.1) is 0 Å². The second-order valence-electron chi connectivity index (χ2n) is 4.47. The van der Waals surface area contributed by atoms with Crippen molar-refractivity contribution in [2.45, 2.75) is 31.8 Å². The Balaban J connectivity index is 2.12. The Hall–Kier alpha value is -1.96. The maximum absolute atomic E-state index is 11.7. The molecule has 1 aromatic rings. The van der Waals surface area contributed by atoms with Crippen LogP contribution in [0, 0.1) is 0 Å². The van der Waals surface area contributed by atoms with Crippen molar-refractivity contribution in [2.24, 2.45) is 0 Å². The molecule has 1 aromatic heterocycles. The third-order valence-electron chi connectivity index (χ3n) is 3.15. The molecule has 104 valence electrons. The minimum absolute atomic E-state index is 0.0918. The fourth-order valence-electron chi connectivity index (χ4n) is 2.29. The summed E-state index contributed by atoms with van der Waals surface area (Å²) in [6.45, 7) is 1.21. The van der Waals surface area contributed by atoms with Gasteiger partial charge in [-0.05, 0) is 19.4 Å². The fourth-order valence-corrected chi connectivity index (χ4v) is 2.29. The van der Waals surface area contributed by atoms with Crippen LogP contribution in [0.5, 0.6) is 0 Å². The number of ether oxygens (including phenoxy) is 1. The quantitative estimate of drug-likeness (QED) is 0.707. The predicted octanol–water partition coefficient (Wildman–Crippen LogP) is -0.436. The lowest BCUT2D eigenvalue weighted by Crippen LogP contribution is -2.45. The summed E-state index contributed by atoms with van der Waals surface area (Å²) in [7, 11) is 1.40. The SMILES string of the molecule is COC(=O)[C@H]1CCCCN1Cc1nc(N)nc(N)n1.